The normalized spacial score (nSPS) is 15.7. The van der Waals surface area contributed by atoms with Crippen molar-refractivity contribution in [2.45, 2.75) is 39.0 Å². The number of aromatic nitrogens is 4. The molecule has 4 heterocycles. The Balaban J connectivity index is 1.43. The Labute approximate surface area is 149 Å². The molecular formula is C18H21N5O3. The number of aryl methyl sites for hydroxylation is 2. The summed E-state index contributed by atoms with van der Waals surface area (Å²) in [5, 5.41) is 6.75. The molecule has 3 aromatic heterocycles. The number of nitrogens with one attached hydrogen (secondary N) is 1. The molecule has 136 valence electrons. The van der Waals surface area contributed by atoms with Crippen molar-refractivity contribution < 1.29 is 9.32 Å². The SMILES string of the molecule is Cc1noc(C)c1CC(=O)N1CCC(c2cc(=O)n3[nH]ccc3n2)CC1. The van der Waals surface area contributed by atoms with Crippen LogP contribution in [0, 0.1) is 13.8 Å². The fourth-order valence-electron chi connectivity index (χ4n) is 3.60. The van der Waals surface area contributed by atoms with Gasteiger partial charge in [-0.15, -0.1) is 0 Å². The van der Waals surface area contributed by atoms with E-state index in [0.29, 0.717) is 30.9 Å². The number of fused-ring (bicyclic) bond motifs is 1. The lowest BCUT2D eigenvalue weighted by Crippen LogP contribution is -2.39. The molecule has 0 unspecified atom stereocenters. The molecule has 1 amide bonds. The average molecular weight is 355 g/mol. The number of nitrogens with zero attached hydrogens (tertiary/aromatic N) is 4. The lowest BCUT2D eigenvalue weighted by Gasteiger charge is -2.31. The second kappa shape index (κ2) is 6.44. The lowest BCUT2D eigenvalue weighted by molar-refractivity contribution is -0.131. The number of carbonyl (C=O) groups is 1. The smallest absolute Gasteiger partial charge is 0.272 e. The van der Waals surface area contributed by atoms with E-state index in [4.69, 9.17) is 4.52 Å². The van der Waals surface area contributed by atoms with Gasteiger partial charge in [-0.05, 0) is 26.7 Å². The predicted molar refractivity (Wildman–Crippen MR) is 94.0 cm³/mol. The van der Waals surface area contributed by atoms with Gasteiger partial charge in [-0.25, -0.2) is 9.50 Å². The van der Waals surface area contributed by atoms with Crippen molar-refractivity contribution in [1.29, 1.82) is 0 Å². The molecule has 0 aromatic carbocycles. The predicted octanol–water partition coefficient (Wildman–Crippen LogP) is 1.58. The van der Waals surface area contributed by atoms with Crippen LogP contribution in [0.25, 0.3) is 5.65 Å². The van der Waals surface area contributed by atoms with Crippen LogP contribution in [0.3, 0.4) is 0 Å². The minimum Gasteiger partial charge on any atom is -0.361 e. The van der Waals surface area contributed by atoms with Gasteiger partial charge in [0, 0.05) is 42.9 Å². The molecule has 1 aliphatic heterocycles. The highest BCUT2D eigenvalue weighted by Crippen LogP contribution is 2.27. The lowest BCUT2D eigenvalue weighted by atomic mass is 9.93. The van der Waals surface area contributed by atoms with Gasteiger partial charge < -0.3 is 9.42 Å². The fourth-order valence-corrected chi connectivity index (χ4v) is 3.60. The number of aromatic amines is 1. The molecule has 0 spiro atoms. The summed E-state index contributed by atoms with van der Waals surface area (Å²) < 4.78 is 6.56. The Hall–Kier alpha value is -2.90. The van der Waals surface area contributed by atoms with Gasteiger partial charge in [0.1, 0.15) is 5.76 Å². The van der Waals surface area contributed by atoms with Crippen LogP contribution < -0.4 is 5.56 Å². The Kier molecular flexibility index (Phi) is 4.10. The largest absolute Gasteiger partial charge is 0.361 e. The zero-order chi connectivity index (χ0) is 18.3. The summed E-state index contributed by atoms with van der Waals surface area (Å²) in [5.74, 6) is 0.993. The highest BCUT2D eigenvalue weighted by Gasteiger charge is 2.26. The van der Waals surface area contributed by atoms with E-state index in [-0.39, 0.29) is 17.4 Å². The number of rotatable bonds is 3. The Bertz CT molecular complexity index is 988. The maximum absolute atomic E-state index is 12.6. The third kappa shape index (κ3) is 2.91. The van der Waals surface area contributed by atoms with E-state index in [1.165, 1.54) is 4.52 Å². The summed E-state index contributed by atoms with van der Waals surface area (Å²) in [7, 11) is 0. The van der Waals surface area contributed by atoms with Crippen molar-refractivity contribution in [3.05, 3.63) is 51.4 Å². The maximum Gasteiger partial charge on any atom is 0.272 e. The number of H-pyrrole nitrogens is 1. The topological polar surface area (TPSA) is 96.5 Å². The minimum atomic E-state index is -0.105. The summed E-state index contributed by atoms with van der Waals surface area (Å²) in [6, 6.07) is 3.38. The zero-order valence-corrected chi connectivity index (χ0v) is 14.9. The minimum absolute atomic E-state index is 0.0898. The third-order valence-corrected chi connectivity index (χ3v) is 5.18. The summed E-state index contributed by atoms with van der Waals surface area (Å²) in [6.45, 7) is 5.02. The number of hydrogen-bond donors (Lipinski definition) is 1. The molecule has 3 aromatic rings. The second-order valence-corrected chi connectivity index (χ2v) is 6.81. The van der Waals surface area contributed by atoms with Crippen molar-refractivity contribution >= 4 is 11.6 Å². The van der Waals surface area contributed by atoms with Gasteiger partial charge in [0.25, 0.3) is 5.56 Å². The molecule has 0 atom stereocenters. The molecule has 4 rings (SSSR count). The van der Waals surface area contributed by atoms with Crippen LogP contribution in [0.4, 0.5) is 0 Å². The van der Waals surface area contributed by atoms with Gasteiger partial charge in [0.05, 0.1) is 17.8 Å². The van der Waals surface area contributed by atoms with Crippen molar-refractivity contribution in [3.63, 3.8) is 0 Å². The van der Waals surface area contributed by atoms with Crippen LogP contribution in [0.2, 0.25) is 0 Å². The summed E-state index contributed by atoms with van der Waals surface area (Å²) in [5.41, 5.74) is 2.99. The van der Waals surface area contributed by atoms with Gasteiger partial charge in [-0.2, -0.15) is 0 Å². The summed E-state index contributed by atoms with van der Waals surface area (Å²) in [4.78, 5) is 31.2. The van der Waals surface area contributed by atoms with Crippen LogP contribution in [0.15, 0.2) is 27.6 Å². The van der Waals surface area contributed by atoms with Gasteiger partial charge in [0.15, 0.2) is 5.65 Å². The van der Waals surface area contributed by atoms with Gasteiger partial charge in [-0.3, -0.25) is 14.7 Å². The number of hydrogen-bond acceptors (Lipinski definition) is 5. The maximum atomic E-state index is 12.6. The van der Waals surface area contributed by atoms with E-state index in [2.05, 4.69) is 15.2 Å². The van der Waals surface area contributed by atoms with Crippen molar-refractivity contribution in [3.8, 4) is 0 Å². The van der Waals surface area contributed by atoms with E-state index in [9.17, 15) is 9.59 Å². The van der Waals surface area contributed by atoms with Crippen molar-refractivity contribution in [1.82, 2.24) is 24.7 Å². The summed E-state index contributed by atoms with van der Waals surface area (Å²) in [6.07, 6.45) is 3.63. The first-order valence-electron chi connectivity index (χ1n) is 8.79. The standard InChI is InChI=1S/C18H21N5O3/c1-11-14(12(2)26-21-11)9-17(24)22-7-4-13(5-8-22)15-10-18(25)23-16(20-15)3-6-19-23/h3,6,10,13,19H,4-5,7-9H2,1-2H3. The molecule has 8 nitrogen and oxygen atoms in total. The quantitative estimate of drug-likeness (QED) is 0.769. The Morgan fingerprint density at radius 3 is 2.81 bits per heavy atom. The van der Waals surface area contributed by atoms with Crippen LogP contribution in [0.1, 0.15) is 41.5 Å². The third-order valence-electron chi connectivity index (χ3n) is 5.18. The van der Waals surface area contributed by atoms with Crippen LogP contribution in [0.5, 0.6) is 0 Å². The van der Waals surface area contributed by atoms with E-state index >= 15 is 0 Å². The highest BCUT2D eigenvalue weighted by atomic mass is 16.5. The molecule has 0 saturated carbocycles. The van der Waals surface area contributed by atoms with Crippen LogP contribution >= 0.6 is 0 Å². The zero-order valence-electron chi connectivity index (χ0n) is 14.9. The van der Waals surface area contributed by atoms with Gasteiger partial charge in [-0.1, -0.05) is 5.16 Å². The fraction of sp³-hybridized carbons (Fsp3) is 0.444. The van der Waals surface area contributed by atoms with Crippen LogP contribution in [-0.2, 0) is 11.2 Å². The summed E-state index contributed by atoms with van der Waals surface area (Å²) >= 11 is 0. The molecule has 0 aliphatic carbocycles. The van der Waals surface area contributed by atoms with Crippen LogP contribution in [-0.4, -0.2) is 43.7 Å². The molecule has 1 aliphatic rings. The molecule has 0 bridgehead atoms. The second-order valence-electron chi connectivity index (χ2n) is 6.81. The molecular weight excluding hydrogens is 334 g/mol. The molecule has 8 heteroatoms. The Morgan fingerprint density at radius 2 is 2.12 bits per heavy atom. The molecule has 0 radical (unpaired) electrons. The number of amides is 1. The van der Waals surface area contributed by atoms with E-state index in [1.807, 2.05) is 18.7 Å². The molecule has 26 heavy (non-hydrogen) atoms. The molecule has 1 saturated heterocycles. The van der Waals surface area contributed by atoms with Crippen molar-refractivity contribution in [2.24, 2.45) is 0 Å². The number of carbonyl (C=O) groups excluding carboxylic acids is 1. The monoisotopic (exact) mass is 355 g/mol. The highest BCUT2D eigenvalue weighted by molar-refractivity contribution is 5.79. The average Bonchev–Trinajstić information content (AvgIpc) is 3.24. The van der Waals surface area contributed by atoms with Crippen molar-refractivity contribution in [2.75, 3.05) is 13.1 Å². The first-order chi connectivity index (χ1) is 12.5. The van der Waals surface area contributed by atoms with E-state index < -0.39 is 0 Å². The number of likely N-dealkylation sites (tertiary alicyclic amines) is 1. The van der Waals surface area contributed by atoms with E-state index in [1.54, 1.807) is 18.3 Å². The number of piperidine rings is 1. The van der Waals surface area contributed by atoms with Gasteiger partial charge >= 0.3 is 0 Å². The first-order valence-corrected chi connectivity index (χ1v) is 8.79. The Morgan fingerprint density at radius 1 is 1.35 bits per heavy atom. The first kappa shape index (κ1) is 16.6. The van der Waals surface area contributed by atoms with E-state index in [0.717, 1.165) is 29.8 Å². The molecule has 1 fully saturated rings. The van der Waals surface area contributed by atoms with Gasteiger partial charge in [0.2, 0.25) is 5.91 Å². The molecule has 1 N–H and O–H groups in total.